The first kappa shape index (κ1) is 14.6. The van der Waals surface area contributed by atoms with E-state index in [2.05, 4.69) is 0 Å². The van der Waals surface area contributed by atoms with E-state index < -0.39 is 23.9 Å². The Morgan fingerprint density at radius 3 is 2.67 bits per heavy atom. The molecule has 1 rings (SSSR count). The topological polar surface area (TPSA) is 52.3 Å². The Balaban J connectivity index is 0.00000196. The smallest absolute Gasteiger partial charge is 0.308 e. The van der Waals surface area contributed by atoms with Crippen molar-refractivity contribution in [1.82, 2.24) is 0 Å². The van der Waals surface area contributed by atoms with Crippen LogP contribution in [0, 0.1) is 5.92 Å². The average Bonchev–Trinajstić information content (AvgIpc) is 2.10. The number of nitrogens with two attached hydrogens (primary N) is 1. The van der Waals surface area contributed by atoms with Crippen molar-refractivity contribution in [2.24, 2.45) is 11.7 Å². The molecule has 0 aromatic rings. The zero-order valence-electron chi connectivity index (χ0n) is 8.54. The molecule has 0 unspecified atom stereocenters. The molecular weight excluding hydrogens is 228 g/mol. The van der Waals surface area contributed by atoms with Crippen LogP contribution in [0.15, 0.2) is 0 Å². The molecule has 0 spiro atoms. The average molecular weight is 244 g/mol. The Kier molecular flexibility index (Phi) is 5.45. The third-order valence-corrected chi connectivity index (χ3v) is 2.53. The fourth-order valence-corrected chi connectivity index (χ4v) is 1.62. The Bertz CT molecular complexity index is 226. The molecule has 6 heteroatoms. The monoisotopic (exact) mass is 243 g/mol. The van der Waals surface area contributed by atoms with Gasteiger partial charge in [-0.3, -0.25) is 4.79 Å². The molecule has 2 atom stereocenters. The van der Waals surface area contributed by atoms with E-state index in [1.807, 2.05) is 0 Å². The van der Waals surface area contributed by atoms with Crippen molar-refractivity contribution in [3.05, 3.63) is 0 Å². The number of alkyl halides is 2. The highest BCUT2D eigenvalue weighted by Crippen LogP contribution is 2.35. The minimum absolute atomic E-state index is 0. The molecule has 90 valence electrons. The van der Waals surface area contributed by atoms with Gasteiger partial charge in [-0.05, 0) is 19.8 Å². The SMILES string of the molecule is CCOC(=O)[C@H]1CCC(F)(F)[C@H](N)C1.Cl. The minimum Gasteiger partial charge on any atom is -0.466 e. The van der Waals surface area contributed by atoms with Gasteiger partial charge in [-0.15, -0.1) is 12.4 Å². The molecule has 1 aliphatic carbocycles. The Labute approximate surface area is 93.8 Å². The minimum atomic E-state index is -2.83. The van der Waals surface area contributed by atoms with Crippen molar-refractivity contribution in [2.45, 2.75) is 38.2 Å². The third-order valence-electron chi connectivity index (χ3n) is 2.53. The lowest BCUT2D eigenvalue weighted by molar-refractivity contribution is -0.153. The van der Waals surface area contributed by atoms with E-state index in [1.54, 1.807) is 6.92 Å². The van der Waals surface area contributed by atoms with E-state index in [-0.39, 0.29) is 38.3 Å². The molecule has 2 N–H and O–H groups in total. The number of ether oxygens (including phenoxy) is 1. The van der Waals surface area contributed by atoms with Crippen LogP contribution in [0.25, 0.3) is 0 Å². The lowest BCUT2D eigenvalue weighted by atomic mass is 9.83. The summed E-state index contributed by atoms with van der Waals surface area (Å²) in [6.45, 7) is 1.97. The maximum absolute atomic E-state index is 12.9. The van der Waals surface area contributed by atoms with Gasteiger partial charge in [-0.2, -0.15) is 0 Å². The summed E-state index contributed by atoms with van der Waals surface area (Å²) in [4.78, 5) is 11.2. The maximum atomic E-state index is 12.9. The number of hydrogen-bond donors (Lipinski definition) is 1. The highest BCUT2D eigenvalue weighted by Gasteiger charge is 2.44. The number of hydrogen-bond acceptors (Lipinski definition) is 3. The van der Waals surface area contributed by atoms with Gasteiger partial charge in [0.2, 0.25) is 0 Å². The molecule has 0 aromatic carbocycles. The van der Waals surface area contributed by atoms with Crippen LogP contribution in [0.4, 0.5) is 8.78 Å². The van der Waals surface area contributed by atoms with Crippen LogP contribution in [0.2, 0.25) is 0 Å². The molecule has 1 saturated carbocycles. The van der Waals surface area contributed by atoms with Gasteiger partial charge in [0.15, 0.2) is 0 Å². The fraction of sp³-hybridized carbons (Fsp3) is 0.889. The summed E-state index contributed by atoms with van der Waals surface area (Å²) >= 11 is 0. The van der Waals surface area contributed by atoms with Crippen molar-refractivity contribution in [1.29, 1.82) is 0 Å². The largest absolute Gasteiger partial charge is 0.466 e. The van der Waals surface area contributed by atoms with E-state index >= 15 is 0 Å². The van der Waals surface area contributed by atoms with Gasteiger partial charge < -0.3 is 10.5 Å². The summed E-state index contributed by atoms with van der Waals surface area (Å²) < 4.78 is 30.6. The van der Waals surface area contributed by atoms with Crippen LogP contribution in [0.1, 0.15) is 26.2 Å². The van der Waals surface area contributed by atoms with Gasteiger partial charge >= 0.3 is 5.97 Å². The zero-order chi connectivity index (χ0) is 10.8. The number of rotatable bonds is 2. The van der Waals surface area contributed by atoms with E-state index in [1.165, 1.54) is 0 Å². The molecular formula is C9H16ClF2NO2. The van der Waals surface area contributed by atoms with E-state index in [0.717, 1.165) is 0 Å². The van der Waals surface area contributed by atoms with Crippen LogP contribution in [-0.2, 0) is 9.53 Å². The van der Waals surface area contributed by atoms with Crippen LogP contribution in [0.3, 0.4) is 0 Å². The molecule has 3 nitrogen and oxygen atoms in total. The molecule has 1 fully saturated rings. The molecule has 0 saturated heterocycles. The van der Waals surface area contributed by atoms with Crippen LogP contribution < -0.4 is 5.73 Å². The summed E-state index contributed by atoms with van der Waals surface area (Å²) in [7, 11) is 0. The van der Waals surface area contributed by atoms with E-state index in [9.17, 15) is 13.6 Å². The number of halogens is 3. The van der Waals surface area contributed by atoms with Crippen molar-refractivity contribution >= 4 is 18.4 Å². The first-order valence-corrected chi connectivity index (χ1v) is 4.77. The maximum Gasteiger partial charge on any atom is 0.308 e. The van der Waals surface area contributed by atoms with Gasteiger partial charge in [0.25, 0.3) is 5.92 Å². The molecule has 15 heavy (non-hydrogen) atoms. The highest BCUT2D eigenvalue weighted by molar-refractivity contribution is 5.85. The van der Waals surface area contributed by atoms with Crippen molar-refractivity contribution in [3.8, 4) is 0 Å². The predicted octanol–water partition coefficient (Wildman–Crippen LogP) is 1.73. The Morgan fingerprint density at radius 1 is 1.60 bits per heavy atom. The van der Waals surface area contributed by atoms with Crippen LogP contribution >= 0.6 is 12.4 Å². The molecule has 0 bridgehead atoms. The van der Waals surface area contributed by atoms with Crippen molar-refractivity contribution in [2.75, 3.05) is 6.61 Å². The summed E-state index contributed by atoms with van der Waals surface area (Å²) in [6, 6.07) is -1.22. The lowest BCUT2D eigenvalue weighted by Gasteiger charge is -2.32. The second kappa shape index (κ2) is 5.61. The number of esters is 1. The van der Waals surface area contributed by atoms with Crippen molar-refractivity contribution in [3.63, 3.8) is 0 Å². The molecule has 0 heterocycles. The van der Waals surface area contributed by atoms with Gasteiger partial charge in [-0.1, -0.05) is 0 Å². The number of carbonyl (C=O) groups is 1. The van der Waals surface area contributed by atoms with E-state index in [4.69, 9.17) is 10.5 Å². The second-order valence-corrected chi connectivity index (χ2v) is 3.59. The Morgan fingerprint density at radius 2 is 2.20 bits per heavy atom. The van der Waals surface area contributed by atoms with Crippen LogP contribution in [-0.4, -0.2) is 24.5 Å². The standard InChI is InChI=1S/C9H15F2NO2.ClH/c1-2-14-8(13)6-3-4-9(10,11)7(12)5-6;/h6-7H,2-5,12H2,1H3;1H/t6-,7+;/m0./s1. The normalized spacial score (nSPS) is 29.1. The lowest BCUT2D eigenvalue weighted by Crippen LogP contribution is -2.47. The molecule has 0 amide bonds. The van der Waals surface area contributed by atoms with Gasteiger partial charge in [0, 0.05) is 6.42 Å². The van der Waals surface area contributed by atoms with Gasteiger partial charge in [-0.25, -0.2) is 8.78 Å². The first-order valence-electron chi connectivity index (χ1n) is 4.77. The summed E-state index contributed by atoms with van der Waals surface area (Å²) in [5.74, 6) is -3.69. The van der Waals surface area contributed by atoms with Crippen LogP contribution in [0.5, 0.6) is 0 Å². The number of carbonyl (C=O) groups excluding carboxylic acids is 1. The zero-order valence-corrected chi connectivity index (χ0v) is 9.36. The fourth-order valence-electron chi connectivity index (χ4n) is 1.62. The first-order chi connectivity index (χ1) is 6.47. The van der Waals surface area contributed by atoms with E-state index in [0.29, 0.717) is 0 Å². The molecule has 1 aliphatic rings. The molecule has 0 radical (unpaired) electrons. The van der Waals surface area contributed by atoms with Gasteiger partial charge in [0.05, 0.1) is 18.6 Å². The third kappa shape index (κ3) is 3.57. The summed E-state index contributed by atoms with van der Waals surface area (Å²) in [5.41, 5.74) is 5.28. The summed E-state index contributed by atoms with van der Waals surface area (Å²) in [5, 5.41) is 0. The molecule has 0 aliphatic heterocycles. The highest BCUT2D eigenvalue weighted by atomic mass is 35.5. The van der Waals surface area contributed by atoms with Crippen molar-refractivity contribution < 1.29 is 18.3 Å². The second-order valence-electron chi connectivity index (χ2n) is 3.59. The molecule has 0 aromatic heterocycles. The predicted molar refractivity (Wildman–Crippen MR) is 54.1 cm³/mol. The quantitative estimate of drug-likeness (QED) is 0.752. The Hall–Kier alpha value is -0.420. The summed E-state index contributed by atoms with van der Waals surface area (Å²) in [6.07, 6.45) is -0.136. The van der Waals surface area contributed by atoms with Gasteiger partial charge in [0.1, 0.15) is 0 Å².